The highest BCUT2D eigenvalue weighted by molar-refractivity contribution is 6.35. The van der Waals surface area contributed by atoms with Crippen LogP contribution in [-0.4, -0.2) is 18.0 Å². The van der Waals surface area contributed by atoms with Crippen molar-refractivity contribution in [2.24, 2.45) is 5.10 Å². The molecule has 0 fully saturated rings. The number of halogens is 2. The molecule has 2 N–H and O–H groups in total. The molecule has 0 spiro atoms. The van der Waals surface area contributed by atoms with Crippen molar-refractivity contribution >= 4 is 46.9 Å². The predicted molar refractivity (Wildman–Crippen MR) is 110 cm³/mol. The highest BCUT2D eigenvalue weighted by Crippen LogP contribution is 2.31. The molecule has 0 radical (unpaired) electrons. The molecular weight excluding hydrogens is 401 g/mol. The van der Waals surface area contributed by atoms with E-state index in [-0.39, 0.29) is 5.91 Å². The van der Waals surface area contributed by atoms with Crippen LogP contribution in [0.25, 0.3) is 11.3 Å². The molecule has 0 atom stereocenters. The molecule has 3 rings (SSSR count). The Kier molecular flexibility index (Phi) is 6.13. The van der Waals surface area contributed by atoms with Gasteiger partial charge in [0.1, 0.15) is 11.5 Å². The van der Waals surface area contributed by atoms with Crippen LogP contribution in [0, 0.1) is 0 Å². The van der Waals surface area contributed by atoms with Gasteiger partial charge in [-0.25, -0.2) is 5.43 Å². The summed E-state index contributed by atoms with van der Waals surface area (Å²) in [6.07, 6.45) is 1.37. The van der Waals surface area contributed by atoms with Crippen LogP contribution in [0.2, 0.25) is 10.0 Å². The minimum absolute atomic E-state index is 0.219. The van der Waals surface area contributed by atoms with Crippen LogP contribution in [-0.2, 0) is 4.79 Å². The predicted octanol–water partition coefficient (Wildman–Crippen LogP) is 4.98. The Hall–Kier alpha value is -3.09. The third kappa shape index (κ3) is 5.00. The number of hydrogen-bond donors (Lipinski definition) is 2. The highest BCUT2D eigenvalue weighted by Gasteiger charge is 2.09. The minimum atomic E-state index is -0.423. The number of carbonyl (C=O) groups excluding carboxylic acids is 2. The number of carbonyl (C=O) groups is 2. The maximum Gasteiger partial charge on any atom is 0.271 e. The van der Waals surface area contributed by atoms with E-state index in [4.69, 9.17) is 27.6 Å². The summed E-state index contributed by atoms with van der Waals surface area (Å²) < 4.78 is 5.66. The van der Waals surface area contributed by atoms with E-state index in [1.165, 1.54) is 13.1 Å². The number of nitrogens with zero attached hydrogens (tertiary/aromatic N) is 1. The maximum atomic E-state index is 12.2. The monoisotopic (exact) mass is 415 g/mol. The van der Waals surface area contributed by atoms with Gasteiger partial charge in [-0.3, -0.25) is 9.59 Å². The van der Waals surface area contributed by atoms with Crippen molar-refractivity contribution in [3.63, 3.8) is 0 Å². The Morgan fingerprint density at radius 2 is 1.89 bits per heavy atom. The van der Waals surface area contributed by atoms with Gasteiger partial charge in [0.2, 0.25) is 5.91 Å². The molecule has 0 saturated heterocycles. The van der Waals surface area contributed by atoms with Crippen molar-refractivity contribution in [2.75, 3.05) is 5.32 Å². The van der Waals surface area contributed by atoms with E-state index in [0.29, 0.717) is 38.4 Å². The number of nitrogens with one attached hydrogen (secondary N) is 2. The highest BCUT2D eigenvalue weighted by atomic mass is 35.5. The molecule has 0 aliphatic heterocycles. The molecule has 3 aromatic rings. The zero-order valence-corrected chi connectivity index (χ0v) is 16.2. The number of hydrazone groups is 1. The minimum Gasteiger partial charge on any atom is -0.455 e. The third-order valence-corrected chi connectivity index (χ3v) is 4.19. The van der Waals surface area contributed by atoms with E-state index >= 15 is 0 Å². The van der Waals surface area contributed by atoms with E-state index in [9.17, 15) is 9.59 Å². The number of amides is 2. The molecule has 0 aliphatic carbocycles. The fourth-order valence-electron chi connectivity index (χ4n) is 2.41. The SMILES string of the molecule is CC(=O)Nc1cccc(C(=O)N/N=C\c2ccc(-c3cc(Cl)ccc3Cl)o2)c1. The molecule has 0 bridgehead atoms. The van der Waals surface area contributed by atoms with Gasteiger partial charge in [-0.2, -0.15) is 5.10 Å². The fraction of sp³-hybridized carbons (Fsp3) is 0.0500. The van der Waals surface area contributed by atoms with Crippen LogP contribution in [0.15, 0.2) is 64.1 Å². The molecule has 1 heterocycles. The van der Waals surface area contributed by atoms with Crippen LogP contribution in [0.1, 0.15) is 23.0 Å². The quantitative estimate of drug-likeness (QED) is 0.455. The van der Waals surface area contributed by atoms with Crippen molar-refractivity contribution < 1.29 is 14.0 Å². The second kappa shape index (κ2) is 8.73. The maximum absolute atomic E-state index is 12.2. The first-order chi connectivity index (χ1) is 13.4. The van der Waals surface area contributed by atoms with Gasteiger partial charge in [0.05, 0.1) is 11.2 Å². The Morgan fingerprint density at radius 1 is 1.07 bits per heavy atom. The van der Waals surface area contributed by atoms with Crippen LogP contribution in [0.4, 0.5) is 5.69 Å². The number of anilines is 1. The van der Waals surface area contributed by atoms with Crippen molar-refractivity contribution in [3.05, 3.63) is 76.0 Å². The Bertz CT molecular complexity index is 1060. The summed E-state index contributed by atoms with van der Waals surface area (Å²) in [5, 5.41) is 7.56. The van der Waals surface area contributed by atoms with Crippen molar-refractivity contribution in [2.45, 2.75) is 6.92 Å². The number of furan rings is 1. The van der Waals surface area contributed by atoms with Gasteiger partial charge in [0.15, 0.2) is 0 Å². The molecule has 0 aliphatic rings. The number of hydrogen-bond acceptors (Lipinski definition) is 4. The van der Waals surface area contributed by atoms with E-state index in [1.54, 1.807) is 54.6 Å². The van der Waals surface area contributed by atoms with Crippen LogP contribution < -0.4 is 10.7 Å². The zero-order valence-electron chi connectivity index (χ0n) is 14.7. The molecule has 8 heteroatoms. The molecule has 2 amide bonds. The summed E-state index contributed by atoms with van der Waals surface area (Å²) in [5.74, 6) is 0.318. The van der Waals surface area contributed by atoms with Crippen LogP contribution >= 0.6 is 23.2 Å². The lowest BCUT2D eigenvalue weighted by molar-refractivity contribution is -0.114. The summed E-state index contributed by atoms with van der Waals surface area (Å²) in [5.41, 5.74) is 3.95. The summed E-state index contributed by atoms with van der Waals surface area (Å²) >= 11 is 12.2. The van der Waals surface area contributed by atoms with Crippen molar-refractivity contribution in [1.82, 2.24) is 5.43 Å². The van der Waals surface area contributed by atoms with Crippen molar-refractivity contribution in [3.8, 4) is 11.3 Å². The first-order valence-corrected chi connectivity index (χ1v) is 8.94. The smallest absolute Gasteiger partial charge is 0.271 e. The first-order valence-electron chi connectivity index (χ1n) is 8.19. The van der Waals surface area contributed by atoms with Gasteiger partial charge in [-0.05, 0) is 48.5 Å². The van der Waals surface area contributed by atoms with Gasteiger partial charge < -0.3 is 9.73 Å². The Balaban J connectivity index is 1.67. The molecule has 2 aromatic carbocycles. The van der Waals surface area contributed by atoms with Crippen LogP contribution in [0.5, 0.6) is 0 Å². The molecule has 0 saturated carbocycles. The average Bonchev–Trinajstić information content (AvgIpc) is 3.12. The lowest BCUT2D eigenvalue weighted by Crippen LogP contribution is -2.18. The molecule has 28 heavy (non-hydrogen) atoms. The van der Waals surface area contributed by atoms with Crippen molar-refractivity contribution in [1.29, 1.82) is 0 Å². The first kappa shape index (κ1) is 19.7. The number of benzene rings is 2. The van der Waals surface area contributed by atoms with E-state index < -0.39 is 5.91 Å². The normalized spacial score (nSPS) is 10.8. The van der Waals surface area contributed by atoms with E-state index in [2.05, 4.69) is 15.8 Å². The molecule has 1 aromatic heterocycles. The standard InChI is InChI=1S/C20H15Cl2N3O3/c1-12(26)24-15-4-2-3-13(9-15)20(27)25-23-11-16-6-8-19(28-16)17-10-14(21)5-7-18(17)22/h2-11H,1H3,(H,24,26)(H,25,27)/b23-11-. The number of rotatable bonds is 5. The lowest BCUT2D eigenvalue weighted by atomic mass is 10.2. The van der Waals surface area contributed by atoms with Gasteiger partial charge >= 0.3 is 0 Å². The van der Waals surface area contributed by atoms with Gasteiger partial charge in [-0.1, -0.05) is 29.3 Å². The fourth-order valence-corrected chi connectivity index (χ4v) is 2.80. The Labute approximate surface area is 171 Å². The summed E-state index contributed by atoms with van der Waals surface area (Å²) in [7, 11) is 0. The average molecular weight is 416 g/mol. The second-order valence-corrected chi connectivity index (χ2v) is 6.63. The second-order valence-electron chi connectivity index (χ2n) is 5.79. The van der Waals surface area contributed by atoms with E-state index in [1.807, 2.05) is 0 Å². The van der Waals surface area contributed by atoms with Gasteiger partial charge in [-0.15, -0.1) is 0 Å². The van der Waals surface area contributed by atoms with Gasteiger partial charge in [0.25, 0.3) is 5.91 Å². The zero-order chi connectivity index (χ0) is 20.1. The molecule has 0 unspecified atom stereocenters. The molecule has 6 nitrogen and oxygen atoms in total. The third-order valence-electron chi connectivity index (χ3n) is 3.62. The summed E-state index contributed by atoms with van der Waals surface area (Å²) in [6, 6.07) is 15.0. The van der Waals surface area contributed by atoms with Crippen LogP contribution in [0.3, 0.4) is 0 Å². The Morgan fingerprint density at radius 3 is 2.68 bits per heavy atom. The summed E-state index contributed by atoms with van der Waals surface area (Å²) in [6.45, 7) is 1.39. The van der Waals surface area contributed by atoms with Gasteiger partial charge in [0, 0.05) is 28.8 Å². The lowest BCUT2D eigenvalue weighted by Gasteiger charge is -2.04. The summed E-state index contributed by atoms with van der Waals surface area (Å²) in [4.78, 5) is 23.3. The topological polar surface area (TPSA) is 83.7 Å². The molecule has 142 valence electrons. The largest absolute Gasteiger partial charge is 0.455 e. The molecular formula is C20H15Cl2N3O3. The van der Waals surface area contributed by atoms with E-state index in [0.717, 1.165) is 0 Å².